The van der Waals surface area contributed by atoms with E-state index in [0.29, 0.717) is 12.2 Å². The molecule has 4 rings (SSSR count). The van der Waals surface area contributed by atoms with Gasteiger partial charge in [0.2, 0.25) is 0 Å². The monoisotopic (exact) mass is 532 g/mol. The smallest absolute Gasteiger partial charge is 0.321 e. The molecule has 1 aliphatic rings. The Labute approximate surface area is 226 Å². The van der Waals surface area contributed by atoms with E-state index < -0.39 is 18.1 Å². The topological polar surface area (TPSA) is 137 Å². The van der Waals surface area contributed by atoms with Crippen LogP contribution in [0.3, 0.4) is 0 Å². The highest BCUT2D eigenvalue weighted by Crippen LogP contribution is 2.35. The van der Waals surface area contributed by atoms with Gasteiger partial charge in [0.05, 0.1) is 36.6 Å². The summed E-state index contributed by atoms with van der Waals surface area (Å²) in [5.41, 5.74) is 1.28. The van der Waals surface area contributed by atoms with Gasteiger partial charge in [0, 0.05) is 37.6 Å². The second-order valence-electron chi connectivity index (χ2n) is 9.53. The molecule has 11 heteroatoms. The molecule has 2 heterocycles. The molecule has 0 radical (unpaired) electrons. The van der Waals surface area contributed by atoms with E-state index in [1.807, 2.05) is 25.1 Å². The summed E-state index contributed by atoms with van der Waals surface area (Å²) in [6, 6.07) is 13.2. The molecule has 0 bridgehead atoms. The lowest BCUT2D eigenvalue weighted by molar-refractivity contribution is 0.0372. The van der Waals surface area contributed by atoms with Gasteiger partial charge in [-0.2, -0.15) is 0 Å². The number of amides is 4. The molecule has 1 aromatic heterocycles. The Morgan fingerprint density at radius 3 is 2.62 bits per heavy atom. The van der Waals surface area contributed by atoms with Crippen LogP contribution in [0.15, 0.2) is 67.1 Å². The molecule has 4 amide bonds. The summed E-state index contributed by atoms with van der Waals surface area (Å²) in [4.78, 5) is 50.5. The number of fused-ring (bicyclic) bond motifs is 1. The standard InChI is InChI=1S/C28H32N6O5/c1-18-15-34(19(2)17-35)27(37)21-10-7-11-22(32-26(36)23-14-29-12-13-30-23)25(21)39-24(18)16-33(3)28(38)31-20-8-5-4-6-9-20/h4-14,18-19,24,35H,15-17H2,1-3H3,(H,31,38)(H,32,36)/t18-,19+,24+/m1/s1. The summed E-state index contributed by atoms with van der Waals surface area (Å²) < 4.78 is 6.44. The number of hydrogen-bond acceptors (Lipinski definition) is 7. The Bertz CT molecular complexity index is 1310. The zero-order chi connectivity index (χ0) is 27.9. The Balaban J connectivity index is 1.65. The molecule has 0 aliphatic carbocycles. The van der Waals surface area contributed by atoms with Crippen LogP contribution < -0.4 is 15.4 Å². The first-order valence-electron chi connectivity index (χ1n) is 12.6. The fourth-order valence-electron chi connectivity index (χ4n) is 4.26. The van der Waals surface area contributed by atoms with Crippen molar-refractivity contribution in [2.75, 3.05) is 37.4 Å². The van der Waals surface area contributed by atoms with E-state index in [4.69, 9.17) is 4.74 Å². The molecule has 204 valence electrons. The van der Waals surface area contributed by atoms with Crippen molar-refractivity contribution in [1.82, 2.24) is 19.8 Å². The quantitative estimate of drug-likeness (QED) is 0.425. The molecule has 11 nitrogen and oxygen atoms in total. The van der Waals surface area contributed by atoms with Gasteiger partial charge in [-0.15, -0.1) is 0 Å². The molecular weight excluding hydrogens is 500 g/mol. The van der Waals surface area contributed by atoms with Crippen LogP contribution in [-0.2, 0) is 0 Å². The average molecular weight is 533 g/mol. The number of anilines is 2. The molecule has 0 unspecified atom stereocenters. The lowest BCUT2D eigenvalue weighted by Gasteiger charge is -2.38. The van der Waals surface area contributed by atoms with Gasteiger partial charge in [0.1, 0.15) is 11.8 Å². The molecule has 0 saturated heterocycles. The van der Waals surface area contributed by atoms with Crippen molar-refractivity contribution in [3.63, 3.8) is 0 Å². The molecular formula is C28H32N6O5. The van der Waals surface area contributed by atoms with Gasteiger partial charge in [-0.1, -0.05) is 31.2 Å². The first kappa shape index (κ1) is 27.5. The fourth-order valence-corrected chi connectivity index (χ4v) is 4.26. The predicted octanol–water partition coefficient (Wildman–Crippen LogP) is 3.11. The summed E-state index contributed by atoms with van der Waals surface area (Å²) in [5, 5.41) is 15.5. The van der Waals surface area contributed by atoms with Crippen molar-refractivity contribution in [2.24, 2.45) is 5.92 Å². The number of likely N-dealkylation sites (N-methyl/N-ethyl adjacent to an activating group) is 1. The van der Waals surface area contributed by atoms with Crippen LogP contribution in [0.25, 0.3) is 0 Å². The number of aromatic nitrogens is 2. The number of ether oxygens (including phenoxy) is 1. The van der Waals surface area contributed by atoms with Crippen LogP contribution in [0.1, 0.15) is 34.7 Å². The van der Waals surface area contributed by atoms with Gasteiger partial charge >= 0.3 is 6.03 Å². The maximum atomic E-state index is 13.6. The number of nitrogens with one attached hydrogen (secondary N) is 2. The van der Waals surface area contributed by atoms with E-state index in [1.165, 1.54) is 23.5 Å². The average Bonchev–Trinajstić information content (AvgIpc) is 2.95. The third kappa shape index (κ3) is 6.50. The summed E-state index contributed by atoms with van der Waals surface area (Å²) in [6.45, 7) is 3.96. The van der Waals surface area contributed by atoms with Gasteiger partial charge in [-0.25, -0.2) is 9.78 Å². The largest absolute Gasteiger partial charge is 0.485 e. The SMILES string of the molecule is C[C@@H]1CN([C@@H](C)CO)C(=O)c2cccc(NC(=O)c3cnccn3)c2O[C@H]1CN(C)C(=O)Nc1ccccc1. The van der Waals surface area contributed by atoms with Crippen molar-refractivity contribution >= 4 is 29.2 Å². The Kier molecular flexibility index (Phi) is 8.72. The molecule has 0 fully saturated rings. The number of para-hydroxylation sites is 2. The number of hydrogen-bond donors (Lipinski definition) is 3. The van der Waals surface area contributed by atoms with Crippen molar-refractivity contribution in [1.29, 1.82) is 0 Å². The highest BCUT2D eigenvalue weighted by atomic mass is 16.5. The third-order valence-corrected chi connectivity index (χ3v) is 6.56. The van der Waals surface area contributed by atoms with E-state index >= 15 is 0 Å². The zero-order valence-electron chi connectivity index (χ0n) is 22.1. The Morgan fingerprint density at radius 1 is 1.15 bits per heavy atom. The van der Waals surface area contributed by atoms with Crippen LogP contribution >= 0.6 is 0 Å². The van der Waals surface area contributed by atoms with Crippen molar-refractivity contribution < 1.29 is 24.2 Å². The van der Waals surface area contributed by atoms with Gasteiger partial charge in [-0.3, -0.25) is 14.6 Å². The van der Waals surface area contributed by atoms with Crippen molar-refractivity contribution in [2.45, 2.75) is 26.0 Å². The molecule has 1 aliphatic heterocycles. The van der Waals surface area contributed by atoms with E-state index in [1.54, 1.807) is 49.2 Å². The maximum absolute atomic E-state index is 13.6. The predicted molar refractivity (Wildman–Crippen MR) is 146 cm³/mol. The normalized spacial score (nSPS) is 17.6. The van der Waals surface area contributed by atoms with Crippen molar-refractivity contribution in [3.05, 3.63) is 78.4 Å². The number of nitrogens with zero attached hydrogens (tertiary/aromatic N) is 4. The van der Waals surface area contributed by atoms with E-state index in [-0.39, 0.29) is 53.7 Å². The molecule has 39 heavy (non-hydrogen) atoms. The zero-order valence-corrected chi connectivity index (χ0v) is 22.1. The number of carbonyl (C=O) groups is 3. The van der Waals surface area contributed by atoms with Crippen molar-refractivity contribution in [3.8, 4) is 5.75 Å². The van der Waals surface area contributed by atoms with E-state index in [2.05, 4.69) is 20.6 Å². The highest BCUT2D eigenvalue weighted by molar-refractivity contribution is 6.06. The summed E-state index contributed by atoms with van der Waals surface area (Å²) in [5.74, 6) is -0.892. The van der Waals surface area contributed by atoms with Gasteiger partial charge in [0.25, 0.3) is 11.8 Å². The van der Waals surface area contributed by atoms with Crippen LogP contribution in [0.2, 0.25) is 0 Å². The van der Waals surface area contributed by atoms with Gasteiger partial charge in [-0.05, 0) is 31.2 Å². The van der Waals surface area contributed by atoms with Crippen LogP contribution in [0.5, 0.6) is 5.75 Å². The lowest BCUT2D eigenvalue weighted by atomic mass is 9.99. The van der Waals surface area contributed by atoms with Gasteiger partial charge in [0.15, 0.2) is 5.75 Å². The van der Waals surface area contributed by atoms with Crippen LogP contribution in [-0.4, -0.2) is 81.6 Å². The maximum Gasteiger partial charge on any atom is 0.321 e. The molecule has 3 atom stereocenters. The molecule has 0 saturated carbocycles. The van der Waals surface area contributed by atoms with Crippen LogP contribution in [0.4, 0.5) is 16.2 Å². The second kappa shape index (κ2) is 12.4. The minimum absolute atomic E-state index is 0.102. The number of urea groups is 1. The number of aliphatic hydroxyl groups excluding tert-OH is 1. The second-order valence-corrected chi connectivity index (χ2v) is 9.53. The Hall–Kier alpha value is -4.51. The minimum atomic E-state index is -0.550. The number of aliphatic hydroxyl groups is 1. The molecule has 2 aromatic carbocycles. The first-order chi connectivity index (χ1) is 18.8. The lowest BCUT2D eigenvalue weighted by Crippen LogP contribution is -2.50. The molecule has 3 N–H and O–H groups in total. The summed E-state index contributed by atoms with van der Waals surface area (Å²) >= 11 is 0. The van der Waals surface area contributed by atoms with E-state index in [0.717, 1.165) is 0 Å². The fraction of sp³-hybridized carbons (Fsp3) is 0.321. The number of benzene rings is 2. The summed E-state index contributed by atoms with van der Waals surface area (Å²) in [6.07, 6.45) is 3.66. The Morgan fingerprint density at radius 2 is 1.92 bits per heavy atom. The number of carbonyl (C=O) groups excluding carboxylic acids is 3. The minimum Gasteiger partial charge on any atom is -0.485 e. The third-order valence-electron chi connectivity index (χ3n) is 6.56. The number of rotatable bonds is 7. The molecule has 0 spiro atoms. The van der Waals surface area contributed by atoms with Gasteiger partial charge < -0.3 is 30.3 Å². The van der Waals surface area contributed by atoms with Crippen LogP contribution in [0, 0.1) is 5.92 Å². The van der Waals surface area contributed by atoms with E-state index in [9.17, 15) is 19.5 Å². The summed E-state index contributed by atoms with van der Waals surface area (Å²) in [7, 11) is 1.66. The highest BCUT2D eigenvalue weighted by Gasteiger charge is 2.35. The first-order valence-corrected chi connectivity index (χ1v) is 12.6. The molecule has 3 aromatic rings.